The number of thiophene rings is 1. The summed E-state index contributed by atoms with van der Waals surface area (Å²) in [7, 11) is -6.64. The predicted molar refractivity (Wildman–Crippen MR) is 106 cm³/mol. The van der Waals surface area contributed by atoms with Gasteiger partial charge in [0.1, 0.15) is 8.42 Å². The van der Waals surface area contributed by atoms with Gasteiger partial charge < -0.3 is 9.64 Å². The van der Waals surface area contributed by atoms with Gasteiger partial charge in [0.05, 0.1) is 6.04 Å². The minimum Gasteiger partial charge on any atom is -0.385 e. The molecule has 2 amide bonds. The van der Waals surface area contributed by atoms with Gasteiger partial charge in [-0.25, -0.2) is 21.6 Å². The molecule has 13 heteroatoms. The maximum atomic E-state index is 13.1. The van der Waals surface area contributed by atoms with Gasteiger partial charge in [0.25, 0.3) is 20.0 Å². The summed E-state index contributed by atoms with van der Waals surface area (Å²) in [6.45, 7) is 5.08. The highest BCUT2D eigenvalue weighted by molar-refractivity contribution is 7.94. The molecule has 0 fully saturated rings. The summed E-state index contributed by atoms with van der Waals surface area (Å²) < 4.78 is 58.7. The molecule has 0 unspecified atom stereocenters. The molecule has 0 aromatic carbocycles. The van der Waals surface area contributed by atoms with Crippen molar-refractivity contribution < 1.29 is 31.2 Å². The van der Waals surface area contributed by atoms with Crippen LogP contribution in [0.2, 0.25) is 0 Å². The lowest BCUT2D eigenvalue weighted by Gasteiger charge is -2.37. The zero-order chi connectivity index (χ0) is 22.0. The molecule has 1 aliphatic rings. The Morgan fingerprint density at radius 3 is 2.55 bits per heavy atom. The van der Waals surface area contributed by atoms with Crippen LogP contribution in [0.3, 0.4) is 0 Å². The Bertz CT molecular complexity index is 985. The van der Waals surface area contributed by atoms with E-state index in [4.69, 9.17) is 4.74 Å². The summed E-state index contributed by atoms with van der Waals surface area (Å²) in [6, 6.07) is 0.613. The number of sulfonamides is 2. The Morgan fingerprint density at radius 2 is 2.03 bits per heavy atom. The summed E-state index contributed by atoms with van der Waals surface area (Å²) in [5, 5.41) is 0. The number of nitrogens with zero attached hydrogens (tertiary/aromatic N) is 2. The molecule has 29 heavy (non-hydrogen) atoms. The maximum Gasteiger partial charge on any atom is 0.273 e. The average Bonchev–Trinajstić information content (AvgIpc) is 3.05. The standard InChI is InChI=1S/C16H25N3O7S3/c1-5-19(12(3)21)14-10-18(7-6-8-26-4)29(24,25)16-13(14)9-15(27-16)28(22,23)17-11(2)20/h9,14H,5-8,10H2,1-4H3,(H,17,20)/t14-/m0/s1. The first-order chi connectivity index (χ1) is 13.5. The SMILES string of the molecule is CCN(C(C)=O)[C@H]1CN(CCCOC)S(=O)(=O)c2sc(S(=O)(=O)NC(C)=O)cc21. The van der Waals surface area contributed by atoms with Gasteiger partial charge >= 0.3 is 0 Å². The van der Waals surface area contributed by atoms with Crippen LogP contribution in [-0.2, 0) is 34.4 Å². The summed E-state index contributed by atoms with van der Waals surface area (Å²) in [4.78, 5) is 24.9. The highest BCUT2D eigenvalue weighted by atomic mass is 32.3. The van der Waals surface area contributed by atoms with Crippen LogP contribution in [0.4, 0.5) is 0 Å². The third-order valence-corrected chi connectivity index (χ3v) is 9.88. The third kappa shape index (κ3) is 4.97. The van der Waals surface area contributed by atoms with E-state index >= 15 is 0 Å². The molecular weight excluding hydrogens is 442 g/mol. The van der Waals surface area contributed by atoms with Crippen molar-refractivity contribution >= 4 is 43.2 Å². The molecule has 0 bridgehead atoms. The maximum absolute atomic E-state index is 13.1. The first kappa shape index (κ1) is 23.7. The van der Waals surface area contributed by atoms with Crippen molar-refractivity contribution in [2.75, 3.05) is 33.4 Å². The number of amides is 2. The monoisotopic (exact) mass is 467 g/mol. The molecule has 1 aromatic rings. The summed E-state index contributed by atoms with van der Waals surface area (Å²) in [6.07, 6.45) is 0.451. The molecule has 0 spiro atoms. The van der Waals surface area contributed by atoms with Gasteiger partial charge in [0.2, 0.25) is 11.8 Å². The second kappa shape index (κ2) is 9.08. The van der Waals surface area contributed by atoms with Gasteiger partial charge in [0.15, 0.2) is 0 Å². The van der Waals surface area contributed by atoms with Crippen LogP contribution in [0.5, 0.6) is 0 Å². The quantitative estimate of drug-likeness (QED) is 0.552. The van der Waals surface area contributed by atoms with Gasteiger partial charge in [0, 0.05) is 52.8 Å². The summed E-state index contributed by atoms with van der Waals surface area (Å²) in [5.74, 6) is -1.03. The van der Waals surface area contributed by atoms with E-state index < -0.39 is 32.0 Å². The van der Waals surface area contributed by atoms with Gasteiger partial charge in [-0.05, 0) is 19.4 Å². The van der Waals surface area contributed by atoms with E-state index in [1.54, 1.807) is 6.92 Å². The fourth-order valence-corrected chi connectivity index (χ4v) is 8.06. The number of methoxy groups -OCH3 is 1. The van der Waals surface area contributed by atoms with Crippen LogP contribution < -0.4 is 4.72 Å². The Kier molecular flexibility index (Phi) is 7.43. The number of hydrogen-bond acceptors (Lipinski definition) is 8. The molecule has 0 radical (unpaired) electrons. The lowest BCUT2D eigenvalue weighted by atomic mass is 10.1. The van der Waals surface area contributed by atoms with Crippen molar-refractivity contribution in [3.63, 3.8) is 0 Å². The van der Waals surface area contributed by atoms with Crippen molar-refractivity contribution in [1.29, 1.82) is 0 Å². The molecule has 1 aliphatic heterocycles. The van der Waals surface area contributed by atoms with Crippen LogP contribution in [0.25, 0.3) is 0 Å². The van der Waals surface area contributed by atoms with E-state index in [0.717, 1.165) is 6.92 Å². The normalized spacial score (nSPS) is 18.8. The number of likely N-dealkylation sites (N-methyl/N-ethyl adjacent to an activating group) is 1. The number of fused-ring (bicyclic) bond motifs is 1. The Labute approximate surface area is 174 Å². The zero-order valence-electron chi connectivity index (χ0n) is 16.7. The van der Waals surface area contributed by atoms with Crippen molar-refractivity contribution in [2.24, 2.45) is 0 Å². The molecule has 1 aromatic heterocycles. The van der Waals surface area contributed by atoms with E-state index in [2.05, 4.69) is 0 Å². The van der Waals surface area contributed by atoms with Crippen molar-refractivity contribution in [3.05, 3.63) is 11.6 Å². The largest absolute Gasteiger partial charge is 0.385 e. The van der Waals surface area contributed by atoms with E-state index in [1.165, 1.54) is 29.3 Å². The molecule has 2 rings (SSSR count). The number of ether oxygens (including phenoxy) is 1. The average molecular weight is 468 g/mol. The lowest BCUT2D eigenvalue weighted by Crippen LogP contribution is -2.46. The minimum atomic E-state index is -4.21. The van der Waals surface area contributed by atoms with Crippen LogP contribution in [-0.4, -0.2) is 71.2 Å². The fourth-order valence-electron chi connectivity index (χ4n) is 3.20. The number of nitrogens with one attached hydrogen (secondary N) is 1. The van der Waals surface area contributed by atoms with Crippen LogP contribution in [0.15, 0.2) is 14.5 Å². The molecule has 0 saturated carbocycles. The Hall–Kier alpha value is -1.54. The van der Waals surface area contributed by atoms with Gasteiger partial charge in [-0.15, -0.1) is 11.3 Å². The van der Waals surface area contributed by atoms with E-state index in [-0.39, 0.29) is 33.0 Å². The Morgan fingerprint density at radius 1 is 1.38 bits per heavy atom. The van der Waals surface area contributed by atoms with Gasteiger partial charge in [-0.1, -0.05) is 0 Å². The molecule has 0 aliphatic carbocycles. The second-order valence-electron chi connectivity index (χ2n) is 6.50. The minimum absolute atomic E-state index is 0.0167. The van der Waals surface area contributed by atoms with Gasteiger partial charge in [-0.3, -0.25) is 9.59 Å². The number of rotatable bonds is 8. The third-order valence-electron chi connectivity index (χ3n) is 4.43. The molecule has 0 saturated heterocycles. The lowest BCUT2D eigenvalue weighted by molar-refractivity contribution is -0.131. The Balaban J connectivity index is 2.60. The number of carbonyl (C=O) groups excluding carboxylic acids is 2. The first-order valence-electron chi connectivity index (χ1n) is 8.89. The van der Waals surface area contributed by atoms with Crippen LogP contribution in [0, 0.1) is 0 Å². The van der Waals surface area contributed by atoms with Crippen molar-refractivity contribution in [3.8, 4) is 0 Å². The fraction of sp³-hybridized carbons (Fsp3) is 0.625. The molecular formula is C16H25N3O7S3. The predicted octanol–water partition coefficient (Wildman–Crippen LogP) is 0.523. The molecule has 2 heterocycles. The summed E-state index contributed by atoms with van der Waals surface area (Å²) >= 11 is 0.576. The highest BCUT2D eigenvalue weighted by Crippen LogP contribution is 2.42. The van der Waals surface area contributed by atoms with E-state index in [1.807, 2.05) is 4.72 Å². The van der Waals surface area contributed by atoms with Crippen LogP contribution >= 0.6 is 11.3 Å². The first-order valence-corrected chi connectivity index (χ1v) is 12.6. The number of carbonyl (C=O) groups is 2. The van der Waals surface area contributed by atoms with E-state index in [9.17, 15) is 26.4 Å². The summed E-state index contributed by atoms with van der Waals surface area (Å²) in [5.41, 5.74) is 0.249. The van der Waals surface area contributed by atoms with E-state index in [0.29, 0.717) is 30.9 Å². The molecule has 1 atom stereocenters. The van der Waals surface area contributed by atoms with Crippen molar-refractivity contribution in [1.82, 2.24) is 13.9 Å². The molecule has 164 valence electrons. The highest BCUT2D eigenvalue weighted by Gasteiger charge is 2.42. The molecule has 10 nitrogen and oxygen atoms in total. The number of hydrogen-bond donors (Lipinski definition) is 1. The van der Waals surface area contributed by atoms with Crippen LogP contribution in [0.1, 0.15) is 38.8 Å². The topological polar surface area (TPSA) is 130 Å². The van der Waals surface area contributed by atoms with Crippen molar-refractivity contribution in [2.45, 2.75) is 41.7 Å². The smallest absolute Gasteiger partial charge is 0.273 e. The zero-order valence-corrected chi connectivity index (χ0v) is 19.1. The molecule has 1 N–H and O–H groups in total. The van der Waals surface area contributed by atoms with Gasteiger partial charge in [-0.2, -0.15) is 4.31 Å². The second-order valence-corrected chi connectivity index (χ2v) is 11.6.